The average molecular weight is 437 g/mol. The van der Waals surface area contributed by atoms with Gasteiger partial charge >= 0.3 is 5.97 Å². The van der Waals surface area contributed by atoms with Crippen molar-refractivity contribution in [2.75, 3.05) is 6.61 Å². The maximum absolute atomic E-state index is 11.7. The zero-order valence-electron chi connectivity index (χ0n) is 19.9. The summed E-state index contributed by atoms with van der Waals surface area (Å²) < 4.78 is 12.7. The van der Waals surface area contributed by atoms with E-state index in [0.717, 1.165) is 47.2 Å². The number of carbonyl (C=O) groups excluding carboxylic acids is 1. The Kier molecular flexibility index (Phi) is 5.93. The summed E-state index contributed by atoms with van der Waals surface area (Å²) in [7, 11) is 1.99. The summed E-state index contributed by atoms with van der Waals surface area (Å²) in [5, 5.41) is 8.97. The molecule has 0 saturated carbocycles. The van der Waals surface area contributed by atoms with Crippen LogP contribution in [-0.4, -0.2) is 32.5 Å². The normalized spacial score (nSPS) is 14.9. The van der Waals surface area contributed by atoms with E-state index in [4.69, 9.17) is 19.3 Å². The van der Waals surface area contributed by atoms with Gasteiger partial charge in [-0.1, -0.05) is 19.0 Å². The highest BCUT2D eigenvalue weighted by atomic mass is 16.5. The first-order valence-electron chi connectivity index (χ1n) is 11.3. The van der Waals surface area contributed by atoms with Crippen molar-refractivity contribution in [1.29, 1.82) is 0 Å². The van der Waals surface area contributed by atoms with E-state index in [1.165, 1.54) is 11.3 Å². The van der Waals surface area contributed by atoms with Crippen LogP contribution in [0.1, 0.15) is 61.6 Å². The highest BCUT2D eigenvalue weighted by molar-refractivity contribution is 5.70. The molecule has 1 aliphatic carbocycles. The van der Waals surface area contributed by atoms with Gasteiger partial charge in [0.25, 0.3) is 5.89 Å². The maximum Gasteiger partial charge on any atom is 0.306 e. The van der Waals surface area contributed by atoms with Crippen LogP contribution in [0, 0.1) is 19.3 Å². The molecule has 7 nitrogen and oxygen atoms in total. The van der Waals surface area contributed by atoms with Gasteiger partial charge in [0.1, 0.15) is 0 Å². The quantitative estimate of drug-likeness (QED) is 0.518. The molecular weight excluding hydrogens is 404 g/mol. The smallest absolute Gasteiger partial charge is 0.306 e. The van der Waals surface area contributed by atoms with Gasteiger partial charge in [-0.25, -0.2) is 0 Å². The molecule has 1 aromatic carbocycles. The van der Waals surface area contributed by atoms with Gasteiger partial charge in [-0.3, -0.25) is 9.48 Å². The van der Waals surface area contributed by atoms with Crippen LogP contribution in [0.4, 0.5) is 0 Å². The Morgan fingerprint density at radius 1 is 1.25 bits per heavy atom. The van der Waals surface area contributed by atoms with E-state index in [1.807, 2.05) is 18.7 Å². The molecule has 0 radical (unpaired) electrons. The third kappa shape index (κ3) is 4.33. The van der Waals surface area contributed by atoms with Gasteiger partial charge in [-0.05, 0) is 80.7 Å². The molecule has 0 amide bonds. The number of aryl methyl sites for hydroxylation is 3. The molecule has 0 saturated heterocycles. The fourth-order valence-electron chi connectivity index (χ4n) is 4.68. The molecule has 0 fully saturated rings. The second kappa shape index (κ2) is 8.52. The molecule has 0 bridgehead atoms. The highest BCUT2D eigenvalue weighted by Crippen LogP contribution is 2.38. The van der Waals surface area contributed by atoms with E-state index in [2.05, 4.69) is 45.0 Å². The van der Waals surface area contributed by atoms with Crippen LogP contribution in [0.15, 0.2) is 16.7 Å². The molecular formula is C25H32N4O3. The number of esters is 1. The van der Waals surface area contributed by atoms with Crippen molar-refractivity contribution in [2.24, 2.45) is 12.5 Å². The third-order valence-electron chi connectivity index (χ3n) is 6.44. The van der Waals surface area contributed by atoms with Crippen LogP contribution in [-0.2, 0) is 35.8 Å². The van der Waals surface area contributed by atoms with Crippen molar-refractivity contribution in [3.05, 3.63) is 40.1 Å². The summed E-state index contributed by atoms with van der Waals surface area (Å²) in [4.78, 5) is 16.4. The second-order valence-corrected chi connectivity index (χ2v) is 9.56. The number of rotatable bonds is 6. The second-order valence-electron chi connectivity index (χ2n) is 9.56. The summed E-state index contributed by atoms with van der Waals surface area (Å²) in [5.74, 6) is 0.859. The number of aromatic nitrogens is 4. The van der Waals surface area contributed by atoms with Crippen LogP contribution >= 0.6 is 0 Å². The van der Waals surface area contributed by atoms with Gasteiger partial charge in [0, 0.05) is 30.3 Å². The molecule has 2 heterocycles. The van der Waals surface area contributed by atoms with E-state index in [-0.39, 0.29) is 11.4 Å². The van der Waals surface area contributed by atoms with E-state index >= 15 is 0 Å². The fourth-order valence-corrected chi connectivity index (χ4v) is 4.68. The summed E-state index contributed by atoms with van der Waals surface area (Å²) in [6.07, 6.45) is 4.12. The predicted molar refractivity (Wildman–Crippen MR) is 122 cm³/mol. The average Bonchev–Trinajstić information content (AvgIpc) is 3.32. The molecule has 0 aliphatic heterocycles. The van der Waals surface area contributed by atoms with Crippen LogP contribution in [0.25, 0.3) is 23.0 Å². The number of hydrogen-bond donors (Lipinski definition) is 0. The summed E-state index contributed by atoms with van der Waals surface area (Å²) in [6, 6.07) is 4.11. The Labute approximate surface area is 189 Å². The number of nitrogens with zero attached hydrogens (tertiary/aromatic N) is 4. The Morgan fingerprint density at radius 2 is 1.97 bits per heavy atom. The maximum atomic E-state index is 11.7. The Morgan fingerprint density at radius 3 is 2.66 bits per heavy atom. The standard InChI is InChI=1S/C25H32N4O3/c1-7-31-21(30)9-8-18-15(2)12-17(13-16(18)3)23-26-24(32-28-23)22-19-10-11-25(4,5)14-20(19)29(6)27-22/h12-13H,7-11,14H2,1-6H3. The summed E-state index contributed by atoms with van der Waals surface area (Å²) >= 11 is 0. The van der Waals surface area contributed by atoms with Crippen molar-refractivity contribution in [1.82, 2.24) is 19.9 Å². The number of carbonyl (C=O) groups is 1. The van der Waals surface area contributed by atoms with Crippen molar-refractivity contribution in [3.63, 3.8) is 0 Å². The third-order valence-corrected chi connectivity index (χ3v) is 6.44. The van der Waals surface area contributed by atoms with Gasteiger partial charge in [-0.15, -0.1) is 0 Å². The number of hydrogen-bond acceptors (Lipinski definition) is 6. The molecule has 0 atom stereocenters. The number of fused-ring (bicyclic) bond motifs is 1. The zero-order chi connectivity index (χ0) is 23.0. The Balaban J connectivity index is 1.59. The van der Waals surface area contributed by atoms with Gasteiger partial charge < -0.3 is 9.26 Å². The molecule has 4 rings (SSSR count). The molecule has 170 valence electrons. The number of ether oxygens (including phenoxy) is 1. The molecule has 32 heavy (non-hydrogen) atoms. The topological polar surface area (TPSA) is 83.0 Å². The van der Waals surface area contributed by atoms with Crippen molar-refractivity contribution < 1.29 is 14.1 Å². The van der Waals surface area contributed by atoms with Gasteiger partial charge in [0.15, 0.2) is 5.69 Å². The number of benzene rings is 1. The first kappa shape index (κ1) is 22.2. The first-order valence-corrected chi connectivity index (χ1v) is 11.3. The SMILES string of the molecule is CCOC(=O)CCc1c(C)cc(-c2noc(-c3nn(C)c4c3CCC(C)(C)C4)n2)cc1C. The lowest BCUT2D eigenvalue weighted by Crippen LogP contribution is -2.23. The van der Waals surface area contributed by atoms with E-state index in [1.54, 1.807) is 0 Å². The minimum Gasteiger partial charge on any atom is -0.466 e. The van der Waals surface area contributed by atoms with Crippen LogP contribution in [0.2, 0.25) is 0 Å². The highest BCUT2D eigenvalue weighted by Gasteiger charge is 2.32. The van der Waals surface area contributed by atoms with Crippen molar-refractivity contribution in [2.45, 2.75) is 66.7 Å². The Hall–Kier alpha value is -2.96. The molecule has 0 spiro atoms. The molecule has 3 aromatic rings. The molecule has 0 N–H and O–H groups in total. The monoisotopic (exact) mass is 436 g/mol. The minimum atomic E-state index is -0.166. The van der Waals surface area contributed by atoms with Crippen LogP contribution in [0.5, 0.6) is 0 Å². The minimum absolute atomic E-state index is 0.166. The van der Waals surface area contributed by atoms with Crippen LogP contribution < -0.4 is 0 Å². The van der Waals surface area contributed by atoms with E-state index in [0.29, 0.717) is 31.2 Å². The van der Waals surface area contributed by atoms with Gasteiger partial charge in [0.05, 0.1) is 6.61 Å². The molecule has 1 aliphatic rings. The Bertz CT molecular complexity index is 1130. The molecule has 2 aromatic heterocycles. The predicted octanol–water partition coefficient (Wildman–Crippen LogP) is 4.76. The van der Waals surface area contributed by atoms with Crippen molar-refractivity contribution in [3.8, 4) is 23.0 Å². The lowest BCUT2D eigenvalue weighted by molar-refractivity contribution is -0.143. The first-order chi connectivity index (χ1) is 15.2. The lowest BCUT2D eigenvalue weighted by atomic mass is 9.76. The van der Waals surface area contributed by atoms with E-state index < -0.39 is 0 Å². The van der Waals surface area contributed by atoms with Crippen LogP contribution in [0.3, 0.4) is 0 Å². The fraction of sp³-hybridized carbons (Fsp3) is 0.520. The lowest BCUT2D eigenvalue weighted by Gasteiger charge is -2.29. The van der Waals surface area contributed by atoms with Gasteiger partial charge in [0.2, 0.25) is 5.82 Å². The zero-order valence-corrected chi connectivity index (χ0v) is 19.9. The largest absolute Gasteiger partial charge is 0.466 e. The van der Waals surface area contributed by atoms with Crippen molar-refractivity contribution >= 4 is 5.97 Å². The molecule has 0 unspecified atom stereocenters. The molecule has 7 heteroatoms. The van der Waals surface area contributed by atoms with Gasteiger partial charge in [-0.2, -0.15) is 10.1 Å². The van der Waals surface area contributed by atoms with E-state index in [9.17, 15) is 4.79 Å². The summed E-state index contributed by atoms with van der Waals surface area (Å²) in [6.45, 7) is 10.9. The summed E-state index contributed by atoms with van der Waals surface area (Å²) in [5.41, 5.74) is 7.84.